The number of guanidine groups is 1. The van der Waals surface area contributed by atoms with E-state index in [0.29, 0.717) is 48.4 Å². The lowest BCUT2D eigenvalue weighted by Gasteiger charge is -2.28. The van der Waals surface area contributed by atoms with E-state index in [-0.39, 0.29) is 5.91 Å². The van der Waals surface area contributed by atoms with E-state index in [2.05, 4.69) is 15.3 Å². The molecule has 0 radical (unpaired) electrons. The summed E-state index contributed by atoms with van der Waals surface area (Å²) < 4.78 is 11.6. The van der Waals surface area contributed by atoms with Crippen LogP contribution < -0.4 is 14.8 Å². The van der Waals surface area contributed by atoms with Crippen molar-refractivity contribution < 1.29 is 14.3 Å². The molecule has 2 aliphatic rings. The van der Waals surface area contributed by atoms with E-state index in [4.69, 9.17) is 14.5 Å². The molecule has 0 bridgehead atoms. The Morgan fingerprint density at radius 1 is 1.30 bits per heavy atom. The molecule has 1 aromatic carbocycles. The Kier molecular flexibility index (Phi) is 5.62. The van der Waals surface area contributed by atoms with Crippen LogP contribution in [0.2, 0.25) is 0 Å². The molecular weight excluding hydrogens is 384 g/mol. The number of ether oxygens (including phenoxy) is 2. The lowest BCUT2D eigenvalue weighted by atomic mass is 10.1. The summed E-state index contributed by atoms with van der Waals surface area (Å²) in [5.74, 6) is 2.02. The number of rotatable bonds is 6. The van der Waals surface area contributed by atoms with Gasteiger partial charge in [0.1, 0.15) is 18.1 Å². The van der Waals surface area contributed by atoms with Crippen molar-refractivity contribution in [3.05, 3.63) is 47.8 Å². The Balaban J connectivity index is 1.68. The third-order valence-electron chi connectivity index (χ3n) is 4.80. The van der Waals surface area contributed by atoms with Crippen molar-refractivity contribution in [2.24, 2.45) is 9.98 Å². The predicted octanol–water partition coefficient (Wildman–Crippen LogP) is 1.52. The molecule has 1 amide bonds. The normalized spacial score (nSPS) is 14.6. The maximum absolute atomic E-state index is 12.7. The Morgan fingerprint density at radius 2 is 2.17 bits per heavy atom. The van der Waals surface area contributed by atoms with Gasteiger partial charge < -0.3 is 14.4 Å². The number of likely N-dealkylation sites (N-methyl/N-ethyl adjacent to an activating group) is 1. The number of aliphatic imine (C=N–C) groups is 2. The van der Waals surface area contributed by atoms with Crippen LogP contribution in [0.15, 0.2) is 46.6 Å². The lowest BCUT2D eigenvalue weighted by Crippen LogP contribution is -2.47. The van der Waals surface area contributed by atoms with Crippen molar-refractivity contribution in [3.8, 4) is 11.5 Å². The van der Waals surface area contributed by atoms with Crippen molar-refractivity contribution >= 4 is 23.4 Å². The zero-order valence-electron chi connectivity index (χ0n) is 17.3. The van der Waals surface area contributed by atoms with E-state index in [1.807, 2.05) is 36.0 Å². The Bertz CT molecular complexity index is 1000. The quantitative estimate of drug-likeness (QED) is 0.779. The molecule has 9 heteroatoms. The number of hydrogen-bond donors (Lipinski definition) is 1. The molecule has 2 aliphatic heterocycles. The molecule has 0 saturated carbocycles. The number of pyridine rings is 1. The number of carbonyl (C=O) groups excluding carboxylic acids is 1. The van der Waals surface area contributed by atoms with Gasteiger partial charge in [0.15, 0.2) is 11.5 Å². The van der Waals surface area contributed by atoms with Gasteiger partial charge in [-0.2, -0.15) is 0 Å². The first-order valence-corrected chi connectivity index (χ1v) is 9.69. The molecule has 0 saturated heterocycles. The van der Waals surface area contributed by atoms with Crippen LogP contribution in [0.25, 0.3) is 0 Å². The standard InChI is InChI=1S/C21H24N6O3/c1-26(2)11-12-30-16-7-6-15-17(18(16)29-3)24-21(27-10-9-23-19(15)27)25-20(28)14-5-4-8-22-13-14/h4-8,13H,9-12H2,1-3H3,(H,24,25,28). The fourth-order valence-corrected chi connectivity index (χ4v) is 3.31. The monoisotopic (exact) mass is 408 g/mol. The molecule has 0 aliphatic carbocycles. The minimum atomic E-state index is -0.283. The molecule has 0 unspecified atom stereocenters. The largest absolute Gasteiger partial charge is 0.491 e. The maximum Gasteiger partial charge on any atom is 0.259 e. The van der Waals surface area contributed by atoms with Crippen LogP contribution in [-0.4, -0.2) is 79.9 Å². The van der Waals surface area contributed by atoms with Crippen molar-refractivity contribution in [2.45, 2.75) is 0 Å². The highest BCUT2D eigenvalue weighted by molar-refractivity contribution is 6.20. The Labute approximate surface area is 175 Å². The van der Waals surface area contributed by atoms with Crippen LogP contribution in [0.1, 0.15) is 15.9 Å². The molecule has 156 valence electrons. The average molecular weight is 408 g/mol. The summed E-state index contributed by atoms with van der Waals surface area (Å²) in [5.41, 5.74) is 1.90. The zero-order chi connectivity index (χ0) is 21.1. The third-order valence-corrected chi connectivity index (χ3v) is 4.80. The SMILES string of the molecule is COc1c(OCCN(C)C)ccc2c1N=C(NC(=O)c1cccnc1)N1CCN=C21. The van der Waals surface area contributed by atoms with Gasteiger partial charge >= 0.3 is 0 Å². The van der Waals surface area contributed by atoms with E-state index < -0.39 is 0 Å². The maximum atomic E-state index is 12.7. The molecular formula is C21H24N6O3. The van der Waals surface area contributed by atoms with E-state index in [9.17, 15) is 4.79 Å². The Morgan fingerprint density at radius 3 is 2.90 bits per heavy atom. The number of carbonyl (C=O) groups is 1. The highest BCUT2D eigenvalue weighted by atomic mass is 16.5. The van der Waals surface area contributed by atoms with E-state index in [0.717, 1.165) is 17.9 Å². The van der Waals surface area contributed by atoms with Crippen LogP contribution in [-0.2, 0) is 0 Å². The van der Waals surface area contributed by atoms with Crippen molar-refractivity contribution in [2.75, 3.05) is 47.4 Å². The summed E-state index contributed by atoms with van der Waals surface area (Å²) in [6.45, 7) is 2.56. The molecule has 1 N–H and O–H groups in total. The van der Waals surface area contributed by atoms with Crippen LogP contribution in [0.3, 0.4) is 0 Å². The number of methoxy groups -OCH3 is 1. The third kappa shape index (κ3) is 3.84. The first-order valence-electron chi connectivity index (χ1n) is 9.69. The van der Waals surface area contributed by atoms with Gasteiger partial charge in [0.05, 0.1) is 19.2 Å². The minimum Gasteiger partial charge on any atom is -0.491 e. The molecule has 0 atom stereocenters. The topological polar surface area (TPSA) is 91.7 Å². The number of nitrogens with zero attached hydrogens (tertiary/aromatic N) is 5. The second-order valence-electron chi connectivity index (χ2n) is 7.13. The Hall–Kier alpha value is -3.46. The van der Waals surface area contributed by atoms with Gasteiger partial charge in [-0.3, -0.25) is 25.0 Å². The number of fused-ring (bicyclic) bond motifs is 3. The summed E-state index contributed by atoms with van der Waals surface area (Å²) in [6, 6.07) is 7.23. The molecule has 0 fully saturated rings. The number of amides is 1. The minimum absolute atomic E-state index is 0.283. The summed E-state index contributed by atoms with van der Waals surface area (Å²) in [5, 5.41) is 2.89. The van der Waals surface area contributed by atoms with E-state index >= 15 is 0 Å². The number of benzene rings is 1. The number of hydrogen-bond acceptors (Lipinski definition) is 8. The lowest BCUT2D eigenvalue weighted by molar-refractivity contribution is 0.0973. The van der Waals surface area contributed by atoms with Gasteiger partial charge in [-0.15, -0.1) is 0 Å². The van der Waals surface area contributed by atoms with Gasteiger partial charge in [0.25, 0.3) is 5.91 Å². The summed E-state index contributed by atoms with van der Waals surface area (Å²) in [7, 11) is 5.56. The van der Waals surface area contributed by atoms with Gasteiger partial charge in [-0.25, -0.2) is 4.99 Å². The highest BCUT2D eigenvalue weighted by Crippen LogP contribution is 2.43. The molecule has 9 nitrogen and oxygen atoms in total. The van der Waals surface area contributed by atoms with Crippen LogP contribution in [0.4, 0.5) is 5.69 Å². The second-order valence-corrected chi connectivity index (χ2v) is 7.13. The first kappa shape index (κ1) is 19.8. The van der Waals surface area contributed by atoms with Crippen molar-refractivity contribution in [3.63, 3.8) is 0 Å². The fourth-order valence-electron chi connectivity index (χ4n) is 3.31. The summed E-state index contributed by atoms with van der Waals surface area (Å²) in [4.78, 5) is 30.0. The predicted molar refractivity (Wildman–Crippen MR) is 114 cm³/mol. The number of nitrogens with one attached hydrogen (secondary N) is 1. The van der Waals surface area contributed by atoms with Gasteiger partial charge in [-0.1, -0.05) is 0 Å². The average Bonchev–Trinajstić information content (AvgIpc) is 3.24. The van der Waals surface area contributed by atoms with Gasteiger partial charge in [-0.05, 0) is 38.4 Å². The van der Waals surface area contributed by atoms with E-state index in [1.54, 1.807) is 25.4 Å². The molecule has 1 aromatic heterocycles. The molecule has 4 rings (SSSR count). The first-order chi connectivity index (χ1) is 14.6. The van der Waals surface area contributed by atoms with Gasteiger partial charge in [0, 0.05) is 31.0 Å². The van der Waals surface area contributed by atoms with Crippen molar-refractivity contribution in [1.29, 1.82) is 0 Å². The fraction of sp³-hybridized carbons (Fsp3) is 0.333. The summed E-state index contributed by atoms with van der Waals surface area (Å²) >= 11 is 0. The molecule has 2 aromatic rings. The second kappa shape index (κ2) is 8.50. The highest BCUT2D eigenvalue weighted by Gasteiger charge is 2.33. The van der Waals surface area contributed by atoms with Crippen LogP contribution >= 0.6 is 0 Å². The van der Waals surface area contributed by atoms with Crippen LogP contribution in [0.5, 0.6) is 11.5 Å². The van der Waals surface area contributed by atoms with Crippen molar-refractivity contribution in [1.82, 2.24) is 20.1 Å². The number of aromatic nitrogens is 1. The summed E-state index contributed by atoms with van der Waals surface area (Å²) in [6.07, 6.45) is 3.14. The smallest absolute Gasteiger partial charge is 0.259 e. The molecule has 3 heterocycles. The number of amidine groups is 1. The van der Waals surface area contributed by atoms with Crippen LogP contribution in [0, 0.1) is 0 Å². The van der Waals surface area contributed by atoms with E-state index in [1.165, 1.54) is 6.20 Å². The molecule has 30 heavy (non-hydrogen) atoms. The van der Waals surface area contributed by atoms with Gasteiger partial charge in [0.2, 0.25) is 5.96 Å². The molecule has 0 spiro atoms. The zero-order valence-corrected chi connectivity index (χ0v) is 17.3.